The molecule has 36 heavy (non-hydrogen) atoms. The monoisotopic (exact) mass is 505 g/mol. The van der Waals surface area contributed by atoms with E-state index in [4.69, 9.17) is 11.6 Å². The number of H-pyrrole nitrogens is 1. The molecule has 1 atom stereocenters. The van der Waals surface area contributed by atoms with Crippen molar-refractivity contribution in [3.05, 3.63) is 93.9 Å². The molecular weight excluding hydrogens is 481 g/mol. The smallest absolute Gasteiger partial charge is 0.253 e. The molecule has 2 N–H and O–H groups in total. The number of rotatable bonds is 6. The number of nitrogens with one attached hydrogen (secondary N) is 2. The fourth-order valence-corrected chi connectivity index (χ4v) is 4.91. The third kappa shape index (κ3) is 4.95. The Hall–Kier alpha value is -3.78. The van der Waals surface area contributed by atoms with Gasteiger partial charge < -0.3 is 15.2 Å². The number of likely N-dealkylation sites (tertiary alicyclic amines) is 1. The largest absolute Gasteiger partial charge is 0.360 e. The Kier molecular flexibility index (Phi) is 6.69. The van der Waals surface area contributed by atoms with Gasteiger partial charge in [0.2, 0.25) is 5.91 Å². The highest BCUT2D eigenvalue weighted by Gasteiger charge is 2.28. The Morgan fingerprint density at radius 3 is 2.83 bits per heavy atom. The van der Waals surface area contributed by atoms with Crippen LogP contribution in [0.3, 0.4) is 0 Å². The van der Waals surface area contributed by atoms with Gasteiger partial charge in [0, 0.05) is 67.7 Å². The number of amides is 2. The number of benzene rings is 1. The van der Waals surface area contributed by atoms with E-state index in [-0.39, 0.29) is 24.4 Å². The minimum atomic E-state index is -0.423. The molecule has 1 aliphatic rings. The minimum Gasteiger partial charge on any atom is -0.360 e. The van der Waals surface area contributed by atoms with Gasteiger partial charge in [-0.1, -0.05) is 17.7 Å². The summed E-state index contributed by atoms with van der Waals surface area (Å²) in [6, 6.07) is 8.77. The molecule has 1 aliphatic heterocycles. The fourth-order valence-electron chi connectivity index (χ4n) is 4.70. The van der Waals surface area contributed by atoms with Crippen LogP contribution >= 0.6 is 11.6 Å². The number of aromatic nitrogens is 3. The fraction of sp³-hybridized carbons (Fsp3) is 0.259. The average molecular weight is 506 g/mol. The van der Waals surface area contributed by atoms with Crippen LogP contribution in [0.4, 0.5) is 4.39 Å². The van der Waals surface area contributed by atoms with Crippen LogP contribution in [-0.2, 0) is 17.8 Å². The van der Waals surface area contributed by atoms with E-state index in [2.05, 4.69) is 20.3 Å². The van der Waals surface area contributed by atoms with Crippen LogP contribution in [0, 0.1) is 5.82 Å². The number of pyridine rings is 2. The summed E-state index contributed by atoms with van der Waals surface area (Å²) >= 11 is 6.13. The Morgan fingerprint density at radius 1 is 1.19 bits per heavy atom. The summed E-state index contributed by atoms with van der Waals surface area (Å²) in [6.45, 7) is 2.39. The van der Waals surface area contributed by atoms with Crippen molar-refractivity contribution in [2.45, 2.75) is 38.8 Å². The van der Waals surface area contributed by atoms with Crippen LogP contribution in [0.1, 0.15) is 58.5 Å². The Morgan fingerprint density at radius 2 is 2.06 bits per heavy atom. The molecule has 4 heterocycles. The first-order valence-electron chi connectivity index (χ1n) is 11.8. The zero-order chi connectivity index (χ0) is 25.2. The van der Waals surface area contributed by atoms with Gasteiger partial charge in [-0.05, 0) is 48.2 Å². The summed E-state index contributed by atoms with van der Waals surface area (Å²) in [7, 11) is 0. The third-order valence-corrected chi connectivity index (χ3v) is 6.86. The molecular formula is C27H25ClFN5O2. The lowest BCUT2D eigenvalue weighted by Gasteiger charge is -2.22. The van der Waals surface area contributed by atoms with Gasteiger partial charge in [-0.2, -0.15) is 0 Å². The molecule has 0 aliphatic carbocycles. The first-order chi connectivity index (χ1) is 17.4. The molecule has 5 rings (SSSR count). The van der Waals surface area contributed by atoms with Crippen LogP contribution in [0.25, 0.3) is 10.9 Å². The van der Waals surface area contributed by atoms with Crippen LogP contribution < -0.4 is 5.32 Å². The molecule has 7 nitrogen and oxygen atoms in total. The summed E-state index contributed by atoms with van der Waals surface area (Å²) in [6.07, 6.45) is 9.06. The molecule has 1 saturated heterocycles. The zero-order valence-electron chi connectivity index (χ0n) is 19.7. The maximum atomic E-state index is 14.4. The van der Waals surface area contributed by atoms with Gasteiger partial charge in [0.05, 0.1) is 22.3 Å². The first kappa shape index (κ1) is 23.9. The first-order valence-corrected chi connectivity index (χ1v) is 12.2. The van der Waals surface area contributed by atoms with Crippen molar-refractivity contribution in [3.63, 3.8) is 0 Å². The number of carbonyl (C=O) groups is 2. The molecule has 2 amide bonds. The quantitative estimate of drug-likeness (QED) is 0.387. The van der Waals surface area contributed by atoms with Crippen LogP contribution in [0.2, 0.25) is 5.02 Å². The van der Waals surface area contributed by atoms with Crippen LogP contribution in [0.5, 0.6) is 0 Å². The molecule has 184 valence electrons. The number of hydrogen-bond acceptors (Lipinski definition) is 4. The lowest BCUT2D eigenvalue weighted by molar-refractivity contribution is -0.129. The molecule has 1 fully saturated rings. The van der Waals surface area contributed by atoms with E-state index < -0.39 is 5.82 Å². The van der Waals surface area contributed by atoms with E-state index in [1.165, 1.54) is 12.3 Å². The number of halogens is 2. The second kappa shape index (κ2) is 10.1. The van der Waals surface area contributed by atoms with Gasteiger partial charge in [-0.3, -0.25) is 19.6 Å². The van der Waals surface area contributed by atoms with Crippen molar-refractivity contribution in [2.24, 2.45) is 0 Å². The summed E-state index contributed by atoms with van der Waals surface area (Å²) in [5, 5.41) is 3.96. The van der Waals surface area contributed by atoms with Gasteiger partial charge >= 0.3 is 0 Å². The number of hydrogen-bond donors (Lipinski definition) is 2. The lowest BCUT2D eigenvalue weighted by atomic mass is 10.0. The Bertz CT molecular complexity index is 1440. The highest BCUT2D eigenvalue weighted by atomic mass is 35.5. The van der Waals surface area contributed by atoms with Crippen LogP contribution in [-0.4, -0.2) is 38.2 Å². The maximum Gasteiger partial charge on any atom is 0.253 e. The van der Waals surface area contributed by atoms with Crippen molar-refractivity contribution >= 4 is 34.3 Å². The van der Waals surface area contributed by atoms with Gasteiger partial charge in [0.1, 0.15) is 5.82 Å². The number of carbonyl (C=O) groups excluding carboxylic acids is 2. The van der Waals surface area contributed by atoms with E-state index in [1.807, 2.05) is 23.2 Å². The van der Waals surface area contributed by atoms with Crippen LogP contribution in [0.15, 0.2) is 55.1 Å². The second-order valence-corrected chi connectivity index (χ2v) is 9.44. The van der Waals surface area contributed by atoms with Crippen molar-refractivity contribution in [1.29, 1.82) is 0 Å². The van der Waals surface area contributed by atoms with Crippen molar-refractivity contribution in [3.8, 4) is 0 Å². The minimum absolute atomic E-state index is 0.0240. The molecule has 0 radical (unpaired) electrons. The Balaban J connectivity index is 1.24. The number of aromatic amines is 1. The summed E-state index contributed by atoms with van der Waals surface area (Å²) in [5.41, 5.74) is 4.06. The normalized spacial score (nSPS) is 15.4. The predicted octanol–water partition coefficient (Wildman–Crippen LogP) is 4.95. The van der Waals surface area contributed by atoms with Gasteiger partial charge in [0.15, 0.2) is 0 Å². The summed E-state index contributed by atoms with van der Waals surface area (Å²) in [4.78, 5) is 38.2. The van der Waals surface area contributed by atoms with Crippen molar-refractivity contribution in [1.82, 2.24) is 25.2 Å². The molecule has 3 aromatic heterocycles. The summed E-state index contributed by atoms with van der Waals surface area (Å²) < 4.78 is 14.4. The van der Waals surface area contributed by atoms with E-state index in [0.717, 1.165) is 36.2 Å². The maximum absolute atomic E-state index is 14.4. The second-order valence-electron chi connectivity index (χ2n) is 9.03. The lowest BCUT2D eigenvalue weighted by Crippen LogP contribution is -2.28. The molecule has 4 aromatic rings. The van der Waals surface area contributed by atoms with Crippen molar-refractivity contribution in [2.75, 3.05) is 6.54 Å². The topological polar surface area (TPSA) is 91.0 Å². The molecule has 0 bridgehead atoms. The van der Waals surface area contributed by atoms with Gasteiger partial charge in [-0.15, -0.1) is 0 Å². The Labute approximate surface area is 212 Å². The van der Waals surface area contributed by atoms with E-state index in [0.29, 0.717) is 33.5 Å². The summed E-state index contributed by atoms with van der Waals surface area (Å²) in [5.74, 6) is -0.697. The van der Waals surface area contributed by atoms with E-state index >= 15 is 0 Å². The highest BCUT2D eigenvalue weighted by molar-refractivity contribution is 6.35. The van der Waals surface area contributed by atoms with Gasteiger partial charge in [0.25, 0.3) is 5.91 Å². The highest BCUT2D eigenvalue weighted by Crippen LogP contribution is 2.31. The average Bonchev–Trinajstić information content (AvgIpc) is 3.50. The van der Waals surface area contributed by atoms with E-state index in [1.54, 1.807) is 31.5 Å². The van der Waals surface area contributed by atoms with Crippen molar-refractivity contribution < 1.29 is 14.0 Å². The zero-order valence-corrected chi connectivity index (χ0v) is 20.5. The number of nitrogens with zero attached hydrogens (tertiary/aromatic N) is 3. The third-order valence-electron chi connectivity index (χ3n) is 6.55. The molecule has 9 heteroatoms. The molecule has 1 aromatic carbocycles. The SMILES string of the molecule is CC(=O)N1CCCC1c1ccc(Cc2cncc(C(=O)NCc3cc4c(Cl)c[nH]c4cc3F)c2)cn1. The molecule has 0 saturated carbocycles. The predicted molar refractivity (Wildman–Crippen MR) is 135 cm³/mol. The standard InChI is InChI=1S/C27H25ClFN5O2/c1-16(35)34-6-2-3-26(34)24-5-4-17(12-31-24)7-18-8-20(13-30-11-18)27(36)33-14-19-9-21-22(28)15-32-25(21)10-23(19)29/h4-5,8-13,15,26,32H,2-3,6-7,14H2,1H3,(H,33,36). The molecule has 1 unspecified atom stereocenters. The molecule has 0 spiro atoms. The van der Waals surface area contributed by atoms with E-state index in [9.17, 15) is 14.0 Å². The number of fused-ring (bicyclic) bond motifs is 1. The van der Waals surface area contributed by atoms with Gasteiger partial charge in [-0.25, -0.2) is 4.39 Å².